The lowest BCUT2D eigenvalue weighted by Crippen LogP contribution is -2.38. The third-order valence-electron chi connectivity index (χ3n) is 3.47. The van der Waals surface area contributed by atoms with Gasteiger partial charge in [-0.2, -0.15) is 0 Å². The van der Waals surface area contributed by atoms with Gasteiger partial charge in [0, 0.05) is 13.1 Å². The lowest BCUT2D eigenvalue weighted by molar-refractivity contribution is 0.414. The molecular formula is C19H25N3O. The molecule has 0 aliphatic heterocycles. The van der Waals surface area contributed by atoms with Crippen LogP contribution in [0.3, 0.4) is 0 Å². The van der Waals surface area contributed by atoms with Crippen molar-refractivity contribution in [3.63, 3.8) is 0 Å². The van der Waals surface area contributed by atoms with Crippen molar-refractivity contribution in [3.05, 3.63) is 65.7 Å². The highest BCUT2D eigenvalue weighted by atomic mass is 16.5. The lowest BCUT2D eigenvalue weighted by atomic mass is 10.1. The van der Waals surface area contributed by atoms with Gasteiger partial charge in [0.25, 0.3) is 0 Å². The minimum atomic E-state index is 0.644. The molecule has 0 unspecified atom stereocenters. The zero-order chi connectivity index (χ0) is 16.3. The summed E-state index contributed by atoms with van der Waals surface area (Å²) in [4.78, 5) is 4.62. The van der Waals surface area contributed by atoms with Crippen LogP contribution in [0.2, 0.25) is 0 Å². The van der Waals surface area contributed by atoms with Crippen LogP contribution in [0.25, 0.3) is 0 Å². The van der Waals surface area contributed by atoms with Crippen LogP contribution in [0, 0.1) is 0 Å². The monoisotopic (exact) mass is 311 g/mol. The number of nitrogens with zero attached hydrogens (tertiary/aromatic N) is 1. The topological polar surface area (TPSA) is 45.7 Å². The molecule has 23 heavy (non-hydrogen) atoms. The maximum Gasteiger partial charge on any atom is 0.191 e. The SMILES string of the molecule is CCNC(=NCc1ccc(OC)cc1)NCCc1ccccc1. The van der Waals surface area contributed by atoms with E-state index in [4.69, 9.17) is 4.74 Å². The maximum absolute atomic E-state index is 5.17. The summed E-state index contributed by atoms with van der Waals surface area (Å²) in [5.74, 6) is 1.71. The zero-order valence-corrected chi connectivity index (χ0v) is 13.9. The van der Waals surface area contributed by atoms with E-state index in [0.29, 0.717) is 6.54 Å². The molecule has 0 saturated heterocycles. The van der Waals surface area contributed by atoms with E-state index in [1.807, 2.05) is 30.3 Å². The van der Waals surface area contributed by atoms with Crippen LogP contribution in [0.4, 0.5) is 0 Å². The molecule has 4 nitrogen and oxygen atoms in total. The molecule has 2 aromatic rings. The summed E-state index contributed by atoms with van der Waals surface area (Å²) in [6.07, 6.45) is 0.980. The Morgan fingerprint density at radius 2 is 1.70 bits per heavy atom. The number of nitrogens with one attached hydrogen (secondary N) is 2. The number of hydrogen-bond donors (Lipinski definition) is 2. The number of hydrogen-bond acceptors (Lipinski definition) is 2. The summed E-state index contributed by atoms with van der Waals surface area (Å²) in [5.41, 5.74) is 2.48. The number of ether oxygens (including phenoxy) is 1. The van der Waals surface area contributed by atoms with Gasteiger partial charge in [0.1, 0.15) is 5.75 Å². The van der Waals surface area contributed by atoms with Crippen molar-refractivity contribution < 1.29 is 4.74 Å². The van der Waals surface area contributed by atoms with Gasteiger partial charge in [-0.05, 0) is 36.6 Å². The quantitative estimate of drug-likeness (QED) is 0.610. The molecule has 0 bridgehead atoms. The second-order valence-corrected chi connectivity index (χ2v) is 5.21. The van der Waals surface area contributed by atoms with Crippen molar-refractivity contribution in [1.29, 1.82) is 0 Å². The molecule has 0 saturated carbocycles. The number of aliphatic imine (C=N–C) groups is 1. The first-order valence-electron chi connectivity index (χ1n) is 8.01. The summed E-state index contributed by atoms with van der Waals surface area (Å²) in [6, 6.07) is 18.5. The summed E-state index contributed by atoms with van der Waals surface area (Å²) >= 11 is 0. The highest BCUT2D eigenvalue weighted by Crippen LogP contribution is 2.11. The Labute approximate surface area is 138 Å². The van der Waals surface area contributed by atoms with Gasteiger partial charge in [-0.3, -0.25) is 0 Å². The fourth-order valence-electron chi connectivity index (χ4n) is 2.21. The molecule has 0 spiro atoms. The van der Waals surface area contributed by atoms with Gasteiger partial charge < -0.3 is 15.4 Å². The Hall–Kier alpha value is -2.49. The predicted octanol–water partition coefficient (Wildman–Crippen LogP) is 2.99. The van der Waals surface area contributed by atoms with E-state index in [2.05, 4.69) is 46.8 Å². The van der Waals surface area contributed by atoms with Gasteiger partial charge in [-0.15, -0.1) is 0 Å². The van der Waals surface area contributed by atoms with Crippen LogP contribution in [-0.2, 0) is 13.0 Å². The highest BCUT2D eigenvalue weighted by Gasteiger charge is 1.99. The molecule has 0 atom stereocenters. The number of methoxy groups -OCH3 is 1. The first kappa shape index (κ1) is 16.9. The first-order valence-corrected chi connectivity index (χ1v) is 8.01. The Kier molecular flexibility index (Phi) is 6.98. The molecule has 0 fully saturated rings. The van der Waals surface area contributed by atoms with Crippen molar-refractivity contribution in [2.45, 2.75) is 19.9 Å². The zero-order valence-electron chi connectivity index (χ0n) is 13.9. The summed E-state index contributed by atoms with van der Waals surface area (Å²) in [7, 11) is 1.67. The normalized spacial score (nSPS) is 11.1. The van der Waals surface area contributed by atoms with E-state index in [1.54, 1.807) is 7.11 Å². The third-order valence-corrected chi connectivity index (χ3v) is 3.47. The Morgan fingerprint density at radius 1 is 0.957 bits per heavy atom. The van der Waals surface area contributed by atoms with Gasteiger partial charge in [-0.25, -0.2) is 4.99 Å². The van der Waals surface area contributed by atoms with E-state index >= 15 is 0 Å². The molecule has 0 heterocycles. The second-order valence-electron chi connectivity index (χ2n) is 5.21. The van der Waals surface area contributed by atoms with Crippen molar-refractivity contribution >= 4 is 5.96 Å². The van der Waals surface area contributed by atoms with Gasteiger partial charge >= 0.3 is 0 Å². The van der Waals surface area contributed by atoms with Crippen molar-refractivity contribution in [3.8, 4) is 5.75 Å². The fraction of sp³-hybridized carbons (Fsp3) is 0.316. The van der Waals surface area contributed by atoms with Crippen molar-refractivity contribution in [1.82, 2.24) is 10.6 Å². The van der Waals surface area contributed by atoms with E-state index in [-0.39, 0.29) is 0 Å². The van der Waals surface area contributed by atoms with Gasteiger partial charge in [0.05, 0.1) is 13.7 Å². The van der Waals surface area contributed by atoms with E-state index in [0.717, 1.165) is 36.8 Å². The maximum atomic E-state index is 5.17. The van der Waals surface area contributed by atoms with Crippen molar-refractivity contribution in [2.75, 3.05) is 20.2 Å². The van der Waals surface area contributed by atoms with E-state index in [1.165, 1.54) is 5.56 Å². The van der Waals surface area contributed by atoms with Crippen LogP contribution in [-0.4, -0.2) is 26.2 Å². The van der Waals surface area contributed by atoms with Gasteiger partial charge in [0.15, 0.2) is 5.96 Å². The fourth-order valence-corrected chi connectivity index (χ4v) is 2.21. The molecule has 2 N–H and O–H groups in total. The molecular weight excluding hydrogens is 286 g/mol. The first-order chi connectivity index (χ1) is 11.3. The summed E-state index contributed by atoms with van der Waals surface area (Å²) < 4.78 is 5.17. The number of guanidine groups is 1. The minimum absolute atomic E-state index is 0.644. The molecule has 0 aliphatic rings. The molecule has 0 amide bonds. The van der Waals surface area contributed by atoms with E-state index < -0.39 is 0 Å². The highest BCUT2D eigenvalue weighted by molar-refractivity contribution is 5.79. The molecule has 4 heteroatoms. The van der Waals surface area contributed by atoms with Crippen LogP contribution in [0.5, 0.6) is 5.75 Å². The molecule has 0 radical (unpaired) electrons. The Morgan fingerprint density at radius 3 is 2.35 bits per heavy atom. The molecule has 0 aromatic heterocycles. The smallest absolute Gasteiger partial charge is 0.191 e. The van der Waals surface area contributed by atoms with Gasteiger partial charge in [0.2, 0.25) is 0 Å². The van der Waals surface area contributed by atoms with E-state index in [9.17, 15) is 0 Å². The van der Waals surface area contributed by atoms with Crippen LogP contribution < -0.4 is 15.4 Å². The summed E-state index contributed by atoms with van der Waals surface area (Å²) in [5, 5.41) is 6.65. The van der Waals surface area contributed by atoms with Crippen LogP contribution in [0.1, 0.15) is 18.1 Å². The number of benzene rings is 2. The summed E-state index contributed by atoms with van der Waals surface area (Å²) in [6.45, 7) is 4.42. The van der Waals surface area contributed by atoms with Crippen molar-refractivity contribution in [2.24, 2.45) is 4.99 Å². The minimum Gasteiger partial charge on any atom is -0.497 e. The second kappa shape index (κ2) is 9.51. The largest absolute Gasteiger partial charge is 0.497 e. The lowest BCUT2D eigenvalue weighted by Gasteiger charge is -2.11. The average Bonchev–Trinajstić information content (AvgIpc) is 2.61. The molecule has 2 aromatic carbocycles. The Bertz CT molecular complexity index is 594. The molecule has 122 valence electrons. The van der Waals surface area contributed by atoms with Crippen LogP contribution in [0.15, 0.2) is 59.6 Å². The standard InChI is InChI=1S/C19H25N3O/c1-3-20-19(21-14-13-16-7-5-4-6-8-16)22-15-17-9-11-18(23-2)12-10-17/h4-12H,3,13-15H2,1-2H3,(H2,20,21,22). The predicted molar refractivity (Wildman–Crippen MR) is 96.0 cm³/mol. The molecule has 0 aliphatic carbocycles. The third kappa shape index (κ3) is 6.02. The van der Waals surface area contributed by atoms with Crippen LogP contribution >= 0.6 is 0 Å². The number of rotatable bonds is 7. The van der Waals surface area contributed by atoms with Gasteiger partial charge in [-0.1, -0.05) is 42.5 Å². The Balaban J connectivity index is 1.86. The average molecular weight is 311 g/mol. The molecule has 2 rings (SSSR count).